The lowest BCUT2D eigenvalue weighted by Crippen LogP contribution is -2.17. The van der Waals surface area contributed by atoms with Gasteiger partial charge in [0.1, 0.15) is 5.82 Å². The van der Waals surface area contributed by atoms with Gasteiger partial charge in [0.25, 0.3) is 5.56 Å². The molecule has 0 aliphatic carbocycles. The van der Waals surface area contributed by atoms with Crippen molar-refractivity contribution in [2.75, 3.05) is 6.54 Å². The predicted octanol–water partition coefficient (Wildman–Crippen LogP) is 0.941. The molecule has 2 aromatic rings. The molecule has 0 fully saturated rings. The predicted molar refractivity (Wildman–Crippen MR) is 65.5 cm³/mol. The molecule has 0 bridgehead atoms. The molecule has 0 saturated heterocycles. The number of rotatable bonds is 4. The second kappa shape index (κ2) is 5.36. The molecule has 2 N–H and O–H groups in total. The Hall–Kier alpha value is -2.01. The molecule has 0 saturated carbocycles. The largest absolute Gasteiger partial charge is 0.311 e. The van der Waals surface area contributed by atoms with Crippen molar-refractivity contribution in [3.05, 3.63) is 46.6 Å². The van der Waals surface area contributed by atoms with Gasteiger partial charge in [-0.25, -0.2) is 4.98 Å². The molecule has 2 aromatic heterocycles. The number of nitrogens with zero attached hydrogens (tertiary/aromatic N) is 2. The second-order valence-electron chi connectivity index (χ2n) is 3.60. The van der Waals surface area contributed by atoms with Gasteiger partial charge in [-0.15, -0.1) is 0 Å². The summed E-state index contributed by atoms with van der Waals surface area (Å²) in [7, 11) is 0. The van der Waals surface area contributed by atoms with Gasteiger partial charge in [-0.2, -0.15) is 0 Å². The zero-order valence-electron chi connectivity index (χ0n) is 9.60. The molecular formula is C12H14N4O. The molecule has 0 aromatic carbocycles. The zero-order valence-corrected chi connectivity index (χ0v) is 9.60. The summed E-state index contributed by atoms with van der Waals surface area (Å²) in [5.41, 5.74) is 1.46. The quantitative estimate of drug-likeness (QED) is 0.820. The average Bonchev–Trinajstić information content (AvgIpc) is 2.37. The van der Waals surface area contributed by atoms with Gasteiger partial charge in [0.2, 0.25) is 0 Å². The lowest BCUT2D eigenvalue weighted by molar-refractivity contribution is 0.708. The number of hydrogen-bond donors (Lipinski definition) is 2. The molecule has 5 nitrogen and oxygen atoms in total. The summed E-state index contributed by atoms with van der Waals surface area (Å²) in [5, 5.41) is 3.14. The van der Waals surface area contributed by atoms with Crippen LogP contribution >= 0.6 is 0 Å². The van der Waals surface area contributed by atoms with Gasteiger partial charge in [-0.1, -0.05) is 6.92 Å². The van der Waals surface area contributed by atoms with E-state index >= 15 is 0 Å². The second-order valence-corrected chi connectivity index (χ2v) is 3.60. The first-order valence-electron chi connectivity index (χ1n) is 5.51. The number of nitrogens with one attached hydrogen (secondary N) is 2. The Balaban J connectivity index is 2.35. The van der Waals surface area contributed by atoms with Crippen molar-refractivity contribution in [1.82, 2.24) is 20.3 Å². The normalized spacial score (nSPS) is 10.4. The fourth-order valence-electron chi connectivity index (χ4n) is 1.50. The maximum atomic E-state index is 11.5. The molecule has 0 aliphatic heterocycles. The first-order valence-corrected chi connectivity index (χ1v) is 5.51. The highest BCUT2D eigenvalue weighted by Crippen LogP contribution is 2.11. The van der Waals surface area contributed by atoms with Crippen molar-refractivity contribution >= 4 is 0 Å². The Labute approximate surface area is 99.0 Å². The van der Waals surface area contributed by atoms with Crippen molar-refractivity contribution in [3.8, 4) is 11.4 Å². The van der Waals surface area contributed by atoms with Crippen molar-refractivity contribution in [2.24, 2.45) is 0 Å². The van der Waals surface area contributed by atoms with Crippen LogP contribution in [0.5, 0.6) is 0 Å². The van der Waals surface area contributed by atoms with Crippen LogP contribution in [-0.2, 0) is 6.54 Å². The summed E-state index contributed by atoms with van der Waals surface area (Å²) in [6, 6.07) is 5.14. The van der Waals surface area contributed by atoms with Crippen LogP contribution in [0.1, 0.15) is 12.6 Å². The van der Waals surface area contributed by atoms with Crippen LogP contribution in [0.15, 0.2) is 35.4 Å². The number of hydrogen-bond acceptors (Lipinski definition) is 4. The average molecular weight is 230 g/mol. The highest BCUT2D eigenvalue weighted by atomic mass is 16.1. The van der Waals surface area contributed by atoms with Gasteiger partial charge in [-0.05, 0) is 18.7 Å². The van der Waals surface area contributed by atoms with E-state index in [2.05, 4.69) is 20.3 Å². The molecule has 0 amide bonds. The molecule has 0 aliphatic rings. The van der Waals surface area contributed by atoms with Gasteiger partial charge in [-0.3, -0.25) is 9.78 Å². The van der Waals surface area contributed by atoms with Crippen LogP contribution < -0.4 is 10.9 Å². The van der Waals surface area contributed by atoms with E-state index in [4.69, 9.17) is 0 Å². The third-order valence-electron chi connectivity index (χ3n) is 2.30. The van der Waals surface area contributed by atoms with Crippen molar-refractivity contribution < 1.29 is 0 Å². The van der Waals surface area contributed by atoms with Crippen molar-refractivity contribution in [2.45, 2.75) is 13.5 Å². The molecule has 0 unspecified atom stereocenters. The van der Waals surface area contributed by atoms with E-state index in [-0.39, 0.29) is 5.56 Å². The minimum atomic E-state index is -0.139. The lowest BCUT2D eigenvalue weighted by atomic mass is 10.2. The number of pyridine rings is 1. The molecular weight excluding hydrogens is 216 g/mol. The van der Waals surface area contributed by atoms with Crippen LogP contribution in [0.25, 0.3) is 11.4 Å². The van der Waals surface area contributed by atoms with Crippen LogP contribution in [0.3, 0.4) is 0 Å². The number of H-pyrrole nitrogens is 1. The van der Waals surface area contributed by atoms with Gasteiger partial charge in [0.15, 0.2) is 0 Å². The van der Waals surface area contributed by atoms with E-state index in [0.29, 0.717) is 12.4 Å². The van der Waals surface area contributed by atoms with Crippen LogP contribution in [-0.4, -0.2) is 21.5 Å². The number of aromatic nitrogens is 3. The number of aromatic amines is 1. The Morgan fingerprint density at radius 2 is 2.12 bits per heavy atom. The minimum Gasteiger partial charge on any atom is -0.311 e. The highest BCUT2D eigenvalue weighted by molar-refractivity contribution is 5.53. The molecule has 88 valence electrons. The standard InChI is InChI=1S/C12H14N4O/c1-2-13-8-10-7-11(17)16-12(15-10)9-3-5-14-6-4-9/h3-7,13H,2,8H2,1H3,(H,15,16,17). The molecule has 17 heavy (non-hydrogen) atoms. The highest BCUT2D eigenvalue weighted by Gasteiger charge is 2.03. The van der Waals surface area contributed by atoms with Gasteiger partial charge in [0, 0.05) is 30.6 Å². The first kappa shape index (κ1) is 11.5. The fourth-order valence-corrected chi connectivity index (χ4v) is 1.50. The van der Waals surface area contributed by atoms with Crippen LogP contribution in [0.2, 0.25) is 0 Å². The van der Waals surface area contributed by atoms with E-state index in [1.54, 1.807) is 12.4 Å². The summed E-state index contributed by atoms with van der Waals surface area (Å²) < 4.78 is 0. The smallest absolute Gasteiger partial charge is 0.251 e. The molecule has 0 atom stereocenters. The molecule has 2 rings (SSSR count). The molecule has 5 heteroatoms. The molecule has 0 radical (unpaired) electrons. The summed E-state index contributed by atoms with van der Waals surface area (Å²) >= 11 is 0. The third-order valence-corrected chi connectivity index (χ3v) is 2.30. The zero-order chi connectivity index (χ0) is 12.1. The third kappa shape index (κ3) is 2.98. The maximum Gasteiger partial charge on any atom is 0.251 e. The Morgan fingerprint density at radius 3 is 2.82 bits per heavy atom. The van der Waals surface area contributed by atoms with E-state index in [0.717, 1.165) is 17.8 Å². The van der Waals surface area contributed by atoms with Gasteiger partial charge < -0.3 is 10.3 Å². The monoisotopic (exact) mass is 230 g/mol. The van der Waals surface area contributed by atoms with E-state index in [1.807, 2.05) is 19.1 Å². The van der Waals surface area contributed by atoms with Crippen molar-refractivity contribution in [3.63, 3.8) is 0 Å². The minimum absolute atomic E-state index is 0.139. The maximum absolute atomic E-state index is 11.5. The van der Waals surface area contributed by atoms with E-state index in [1.165, 1.54) is 6.07 Å². The van der Waals surface area contributed by atoms with Gasteiger partial charge in [0.05, 0.1) is 5.69 Å². The van der Waals surface area contributed by atoms with Crippen molar-refractivity contribution in [1.29, 1.82) is 0 Å². The van der Waals surface area contributed by atoms with Gasteiger partial charge >= 0.3 is 0 Å². The van der Waals surface area contributed by atoms with Crippen LogP contribution in [0, 0.1) is 0 Å². The first-order chi connectivity index (χ1) is 8.29. The fraction of sp³-hybridized carbons (Fsp3) is 0.250. The Bertz CT molecular complexity index is 536. The summed E-state index contributed by atoms with van der Waals surface area (Å²) in [4.78, 5) is 22.6. The molecule has 0 spiro atoms. The molecule has 2 heterocycles. The topological polar surface area (TPSA) is 70.7 Å². The Kier molecular flexibility index (Phi) is 3.62. The van der Waals surface area contributed by atoms with Crippen LogP contribution in [0.4, 0.5) is 0 Å². The summed E-state index contributed by atoms with van der Waals surface area (Å²) in [5.74, 6) is 0.577. The van der Waals surface area contributed by atoms with E-state index < -0.39 is 0 Å². The Morgan fingerprint density at radius 1 is 1.35 bits per heavy atom. The SMILES string of the molecule is CCNCc1cc(=O)[nH]c(-c2ccncc2)n1. The lowest BCUT2D eigenvalue weighted by Gasteiger charge is -2.04. The summed E-state index contributed by atoms with van der Waals surface area (Å²) in [6.07, 6.45) is 3.35. The summed E-state index contributed by atoms with van der Waals surface area (Å²) in [6.45, 7) is 3.45. The van der Waals surface area contributed by atoms with E-state index in [9.17, 15) is 4.79 Å².